The summed E-state index contributed by atoms with van der Waals surface area (Å²) in [7, 11) is 0. The Morgan fingerprint density at radius 2 is 2.14 bits per heavy atom. The molecule has 3 N–H and O–H groups in total. The van der Waals surface area contributed by atoms with Crippen molar-refractivity contribution in [3.63, 3.8) is 0 Å². The van der Waals surface area contributed by atoms with Crippen molar-refractivity contribution in [1.29, 1.82) is 0 Å². The van der Waals surface area contributed by atoms with Crippen LogP contribution in [0.1, 0.15) is 45.1 Å². The van der Waals surface area contributed by atoms with Crippen LogP contribution < -0.4 is 17.0 Å². The minimum Gasteiger partial charge on any atom is -0.385 e. The molecule has 1 aliphatic heterocycles. The van der Waals surface area contributed by atoms with Gasteiger partial charge in [0.25, 0.3) is 5.56 Å². The zero-order valence-corrected chi connectivity index (χ0v) is 13.0. The molecule has 6 heteroatoms. The second kappa shape index (κ2) is 6.93. The average Bonchev–Trinajstić information content (AvgIpc) is 2.43. The van der Waals surface area contributed by atoms with Gasteiger partial charge in [0.1, 0.15) is 5.82 Å². The van der Waals surface area contributed by atoms with Crippen LogP contribution in [0.15, 0.2) is 9.59 Å². The molecule has 0 spiro atoms. The summed E-state index contributed by atoms with van der Waals surface area (Å²) in [5, 5.41) is 0. The molecule has 21 heavy (non-hydrogen) atoms. The number of nitrogens with one attached hydrogen (secondary N) is 1. The van der Waals surface area contributed by atoms with Crippen molar-refractivity contribution in [2.75, 3.05) is 18.8 Å². The Morgan fingerprint density at radius 3 is 2.81 bits per heavy atom. The monoisotopic (exact) mass is 294 g/mol. The third kappa shape index (κ3) is 3.75. The molecule has 1 fully saturated rings. The Bertz CT molecular complexity index is 590. The highest BCUT2D eigenvalue weighted by Crippen LogP contribution is 2.18. The van der Waals surface area contributed by atoms with Gasteiger partial charge in [-0.15, -0.1) is 0 Å². The van der Waals surface area contributed by atoms with Crippen molar-refractivity contribution in [3.8, 4) is 0 Å². The van der Waals surface area contributed by atoms with E-state index in [9.17, 15) is 9.59 Å². The fourth-order valence-electron chi connectivity index (χ4n) is 2.97. The maximum Gasteiger partial charge on any atom is 0.329 e. The van der Waals surface area contributed by atoms with Crippen LogP contribution in [0.3, 0.4) is 0 Å². The maximum absolute atomic E-state index is 12.1. The molecule has 6 nitrogen and oxygen atoms in total. The lowest BCUT2D eigenvalue weighted by molar-refractivity contribution is 0.176. The molecule has 1 aliphatic rings. The number of nitrogens with two attached hydrogens (primary N) is 1. The number of likely N-dealkylation sites (tertiary alicyclic amines) is 1. The Kier molecular flexibility index (Phi) is 5.22. The lowest BCUT2D eigenvalue weighted by Crippen LogP contribution is -2.39. The predicted molar refractivity (Wildman–Crippen MR) is 84.3 cm³/mol. The van der Waals surface area contributed by atoms with Gasteiger partial charge in [0.05, 0.1) is 5.56 Å². The number of piperidine rings is 1. The average molecular weight is 294 g/mol. The number of aromatic nitrogens is 2. The number of rotatable bonds is 5. The van der Waals surface area contributed by atoms with E-state index in [1.807, 2.05) is 0 Å². The van der Waals surface area contributed by atoms with Crippen molar-refractivity contribution in [1.82, 2.24) is 14.5 Å². The zero-order valence-electron chi connectivity index (χ0n) is 13.0. The summed E-state index contributed by atoms with van der Waals surface area (Å²) in [6.07, 6.45) is 4.23. The van der Waals surface area contributed by atoms with Crippen molar-refractivity contribution in [2.45, 2.75) is 52.6 Å². The van der Waals surface area contributed by atoms with E-state index in [2.05, 4.69) is 23.7 Å². The largest absolute Gasteiger partial charge is 0.385 e. The lowest BCUT2D eigenvalue weighted by Gasteiger charge is -2.31. The third-order valence-electron chi connectivity index (χ3n) is 4.20. The highest BCUT2D eigenvalue weighted by Gasteiger charge is 2.20. The molecule has 0 aromatic carbocycles. The molecular formula is C15H26N4O2. The number of hydrogen-bond acceptors (Lipinski definition) is 4. The first-order valence-electron chi connectivity index (χ1n) is 7.86. The standard InChI is InChI=1S/C15H26N4O2/c1-3-4-8-19-13(16)12(14(20)17-15(19)21)10-18-7-5-6-11(2)9-18/h11H,3-10,16H2,1-2H3,(H,17,20,21). The molecule has 1 aromatic heterocycles. The fourth-order valence-corrected chi connectivity index (χ4v) is 2.97. The van der Waals surface area contributed by atoms with E-state index in [1.54, 1.807) is 0 Å². The Morgan fingerprint density at radius 1 is 1.38 bits per heavy atom. The Labute approximate surface area is 125 Å². The number of anilines is 1. The van der Waals surface area contributed by atoms with Crippen LogP contribution in [-0.2, 0) is 13.1 Å². The van der Waals surface area contributed by atoms with E-state index in [0.29, 0.717) is 30.4 Å². The summed E-state index contributed by atoms with van der Waals surface area (Å²) in [4.78, 5) is 28.6. The number of H-pyrrole nitrogens is 1. The smallest absolute Gasteiger partial charge is 0.329 e. The van der Waals surface area contributed by atoms with Gasteiger partial charge in [-0.1, -0.05) is 20.3 Å². The molecule has 0 bridgehead atoms. The minimum atomic E-state index is -0.401. The molecule has 0 aliphatic carbocycles. The summed E-state index contributed by atoms with van der Waals surface area (Å²) in [6, 6.07) is 0. The van der Waals surface area contributed by atoms with Crippen molar-refractivity contribution in [2.24, 2.45) is 5.92 Å². The quantitative estimate of drug-likeness (QED) is 0.853. The van der Waals surface area contributed by atoms with Crippen molar-refractivity contribution < 1.29 is 0 Å². The van der Waals surface area contributed by atoms with Crippen LogP contribution in [0.4, 0.5) is 5.82 Å². The number of aromatic amines is 1. The van der Waals surface area contributed by atoms with Gasteiger partial charge >= 0.3 is 5.69 Å². The van der Waals surface area contributed by atoms with Crippen LogP contribution in [0, 0.1) is 5.92 Å². The molecule has 0 radical (unpaired) electrons. The second-order valence-corrected chi connectivity index (χ2v) is 6.11. The topological polar surface area (TPSA) is 84.1 Å². The van der Waals surface area contributed by atoms with E-state index in [4.69, 9.17) is 5.73 Å². The van der Waals surface area contributed by atoms with E-state index < -0.39 is 5.69 Å². The molecule has 118 valence electrons. The van der Waals surface area contributed by atoms with Crippen molar-refractivity contribution >= 4 is 5.82 Å². The van der Waals surface area contributed by atoms with Gasteiger partial charge in [0, 0.05) is 19.6 Å². The van der Waals surface area contributed by atoms with Gasteiger partial charge in [-0.2, -0.15) is 0 Å². The first-order valence-corrected chi connectivity index (χ1v) is 7.86. The van der Waals surface area contributed by atoms with Gasteiger partial charge in [0.2, 0.25) is 0 Å². The number of nitrogen functional groups attached to an aromatic ring is 1. The van der Waals surface area contributed by atoms with Gasteiger partial charge in [0.15, 0.2) is 0 Å². The van der Waals surface area contributed by atoms with Gasteiger partial charge in [-0.05, 0) is 31.7 Å². The summed E-state index contributed by atoms with van der Waals surface area (Å²) in [6.45, 7) is 7.33. The summed E-state index contributed by atoms with van der Waals surface area (Å²) < 4.78 is 1.49. The minimum absolute atomic E-state index is 0.329. The molecule has 1 atom stereocenters. The van der Waals surface area contributed by atoms with Crippen LogP contribution in [0.2, 0.25) is 0 Å². The van der Waals surface area contributed by atoms with E-state index in [0.717, 1.165) is 32.4 Å². The van der Waals surface area contributed by atoms with Gasteiger partial charge < -0.3 is 5.73 Å². The molecule has 0 amide bonds. The molecule has 2 rings (SSSR count). The predicted octanol–water partition coefficient (Wildman–Crippen LogP) is 1.15. The molecule has 1 saturated heterocycles. The Hall–Kier alpha value is -1.56. The normalized spacial score (nSPS) is 19.8. The summed E-state index contributed by atoms with van der Waals surface area (Å²) >= 11 is 0. The number of unbranched alkanes of at least 4 members (excludes halogenated alkanes) is 1. The highest BCUT2D eigenvalue weighted by atomic mass is 16.2. The molecule has 0 saturated carbocycles. The summed E-state index contributed by atoms with van der Waals surface area (Å²) in [5.74, 6) is 0.973. The van der Waals surface area contributed by atoms with Crippen LogP contribution in [-0.4, -0.2) is 27.5 Å². The molecule has 2 heterocycles. The SMILES string of the molecule is CCCCn1c(N)c(CN2CCCC(C)C2)c(=O)[nH]c1=O. The lowest BCUT2D eigenvalue weighted by atomic mass is 10.00. The van der Waals surface area contributed by atoms with E-state index in [-0.39, 0.29) is 5.56 Å². The van der Waals surface area contributed by atoms with Crippen LogP contribution >= 0.6 is 0 Å². The second-order valence-electron chi connectivity index (χ2n) is 6.11. The fraction of sp³-hybridized carbons (Fsp3) is 0.733. The first kappa shape index (κ1) is 15.8. The van der Waals surface area contributed by atoms with Gasteiger partial charge in [-0.25, -0.2) is 4.79 Å². The van der Waals surface area contributed by atoms with Crippen LogP contribution in [0.25, 0.3) is 0 Å². The first-order chi connectivity index (χ1) is 10.0. The molecular weight excluding hydrogens is 268 g/mol. The summed E-state index contributed by atoms with van der Waals surface area (Å²) in [5.41, 5.74) is 5.88. The highest BCUT2D eigenvalue weighted by molar-refractivity contribution is 5.38. The van der Waals surface area contributed by atoms with Crippen LogP contribution in [0.5, 0.6) is 0 Å². The van der Waals surface area contributed by atoms with E-state index in [1.165, 1.54) is 11.0 Å². The number of hydrogen-bond donors (Lipinski definition) is 2. The molecule has 1 aromatic rings. The zero-order chi connectivity index (χ0) is 15.4. The number of nitrogens with zero attached hydrogens (tertiary/aromatic N) is 2. The van der Waals surface area contributed by atoms with Gasteiger partial charge in [-0.3, -0.25) is 19.2 Å². The maximum atomic E-state index is 12.1. The molecule has 1 unspecified atom stereocenters. The van der Waals surface area contributed by atoms with E-state index >= 15 is 0 Å². The Balaban J connectivity index is 2.26. The third-order valence-corrected chi connectivity index (χ3v) is 4.20. The van der Waals surface area contributed by atoms with Crippen molar-refractivity contribution in [3.05, 3.63) is 26.4 Å².